The van der Waals surface area contributed by atoms with Crippen molar-refractivity contribution in [2.75, 3.05) is 0 Å². The molecule has 1 aromatic rings. The number of rotatable bonds is 2. The number of aromatic hydroxyl groups is 1. The molecule has 0 heterocycles. The van der Waals surface area contributed by atoms with Crippen LogP contribution in [0.4, 0.5) is 4.39 Å². The molecule has 1 rings (SSSR count). The Kier molecular flexibility index (Phi) is 2.66. The number of carbonyl (C=O) groups is 1. The first-order chi connectivity index (χ1) is 6.00. The maximum absolute atomic E-state index is 13.0. The van der Waals surface area contributed by atoms with Crippen molar-refractivity contribution in [3.05, 3.63) is 29.1 Å². The van der Waals surface area contributed by atoms with E-state index < -0.39 is 5.82 Å². The molecule has 0 aliphatic carbocycles. The van der Waals surface area contributed by atoms with Crippen LogP contribution in [0.5, 0.6) is 5.75 Å². The fourth-order valence-electron chi connectivity index (χ4n) is 1.12. The molecule has 0 saturated carbocycles. The number of benzene rings is 1. The summed E-state index contributed by atoms with van der Waals surface area (Å²) in [4.78, 5) is 10.7. The molecule has 0 amide bonds. The van der Waals surface area contributed by atoms with Gasteiger partial charge in [-0.1, -0.05) is 0 Å². The van der Waals surface area contributed by atoms with Gasteiger partial charge >= 0.3 is 0 Å². The summed E-state index contributed by atoms with van der Waals surface area (Å²) in [5.74, 6) is -0.512. The zero-order valence-corrected chi connectivity index (χ0v) is 7.60. The summed E-state index contributed by atoms with van der Waals surface area (Å²) in [6.07, 6.45) is 0.0725. The number of phenolic OH excluding ortho intramolecular Hbond substituents is 1. The van der Waals surface area contributed by atoms with Crippen molar-refractivity contribution in [1.82, 2.24) is 0 Å². The zero-order chi connectivity index (χ0) is 10.0. The lowest BCUT2D eigenvalue weighted by Gasteiger charge is -2.04. The predicted molar refractivity (Wildman–Crippen MR) is 47.2 cm³/mol. The minimum Gasteiger partial charge on any atom is -0.508 e. The number of ketones is 1. The van der Waals surface area contributed by atoms with E-state index in [1.807, 2.05) is 0 Å². The molecule has 1 aromatic carbocycles. The first kappa shape index (κ1) is 9.71. The van der Waals surface area contributed by atoms with Crippen molar-refractivity contribution in [2.45, 2.75) is 20.3 Å². The third-order valence-corrected chi connectivity index (χ3v) is 1.80. The maximum Gasteiger partial charge on any atom is 0.134 e. The fourth-order valence-corrected chi connectivity index (χ4v) is 1.12. The summed E-state index contributed by atoms with van der Waals surface area (Å²) in [7, 11) is 0. The van der Waals surface area contributed by atoms with Gasteiger partial charge in [0.05, 0.1) is 0 Å². The molecule has 1 N–H and O–H groups in total. The van der Waals surface area contributed by atoms with Crippen molar-refractivity contribution in [3.8, 4) is 5.75 Å². The van der Waals surface area contributed by atoms with E-state index in [-0.39, 0.29) is 18.0 Å². The Balaban J connectivity index is 3.08. The Hall–Kier alpha value is -1.38. The first-order valence-electron chi connectivity index (χ1n) is 3.98. The average Bonchev–Trinajstić information content (AvgIpc) is 1.99. The van der Waals surface area contributed by atoms with E-state index >= 15 is 0 Å². The highest BCUT2D eigenvalue weighted by atomic mass is 19.1. The number of hydrogen-bond donors (Lipinski definition) is 1. The van der Waals surface area contributed by atoms with E-state index in [4.69, 9.17) is 0 Å². The zero-order valence-electron chi connectivity index (χ0n) is 7.60. The third kappa shape index (κ3) is 2.28. The number of hydrogen-bond acceptors (Lipinski definition) is 2. The van der Waals surface area contributed by atoms with Crippen LogP contribution >= 0.6 is 0 Å². The van der Waals surface area contributed by atoms with Crippen molar-refractivity contribution in [3.63, 3.8) is 0 Å². The van der Waals surface area contributed by atoms with Gasteiger partial charge in [-0.05, 0) is 31.5 Å². The first-order valence-corrected chi connectivity index (χ1v) is 3.98. The van der Waals surface area contributed by atoms with Crippen LogP contribution in [-0.4, -0.2) is 10.9 Å². The van der Waals surface area contributed by atoms with E-state index in [1.165, 1.54) is 19.1 Å². The Bertz CT molecular complexity index is 345. The van der Waals surface area contributed by atoms with Crippen LogP contribution in [0.3, 0.4) is 0 Å². The minimum absolute atomic E-state index is 0.0194. The number of aryl methyl sites for hydroxylation is 1. The topological polar surface area (TPSA) is 37.3 Å². The lowest BCUT2D eigenvalue weighted by Crippen LogP contribution is -1.98. The van der Waals surface area contributed by atoms with Gasteiger partial charge in [0.2, 0.25) is 0 Å². The van der Waals surface area contributed by atoms with Crippen molar-refractivity contribution < 1.29 is 14.3 Å². The van der Waals surface area contributed by atoms with Crippen molar-refractivity contribution >= 4 is 5.78 Å². The summed E-state index contributed by atoms with van der Waals surface area (Å²) < 4.78 is 13.0. The summed E-state index contributed by atoms with van der Waals surface area (Å²) >= 11 is 0. The Morgan fingerprint density at radius 2 is 2.15 bits per heavy atom. The highest BCUT2D eigenvalue weighted by Gasteiger charge is 2.07. The molecule has 0 aliphatic heterocycles. The van der Waals surface area contributed by atoms with Crippen molar-refractivity contribution in [2.24, 2.45) is 0 Å². The van der Waals surface area contributed by atoms with Gasteiger partial charge in [-0.2, -0.15) is 0 Å². The third-order valence-electron chi connectivity index (χ3n) is 1.80. The molecule has 0 aromatic heterocycles. The second-order valence-corrected chi connectivity index (χ2v) is 3.11. The fraction of sp³-hybridized carbons (Fsp3) is 0.300. The van der Waals surface area contributed by atoms with Gasteiger partial charge in [0.1, 0.15) is 17.3 Å². The summed E-state index contributed by atoms with van der Waals surface area (Å²) in [6, 6.07) is 2.53. The predicted octanol–water partition coefficient (Wildman–Crippen LogP) is 1.97. The van der Waals surface area contributed by atoms with Crippen LogP contribution in [0.1, 0.15) is 18.1 Å². The molecule has 2 nitrogen and oxygen atoms in total. The molecule has 0 atom stereocenters. The smallest absolute Gasteiger partial charge is 0.134 e. The van der Waals surface area contributed by atoms with Crippen LogP contribution in [0, 0.1) is 12.7 Å². The van der Waals surface area contributed by atoms with E-state index in [1.54, 1.807) is 6.92 Å². The average molecular weight is 182 g/mol. The van der Waals surface area contributed by atoms with E-state index in [0.29, 0.717) is 11.1 Å². The Labute approximate surface area is 76.0 Å². The van der Waals surface area contributed by atoms with Gasteiger partial charge in [-0.3, -0.25) is 4.79 Å². The van der Waals surface area contributed by atoms with Crippen LogP contribution < -0.4 is 0 Å². The molecule has 0 aliphatic rings. The molecule has 13 heavy (non-hydrogen) atoms. The molecule has 0 fully saturated rings. The molecular weight excluding hydrogens is 171 g/mol. The second-order valence-electron chi connectivity index (χ2n) is 3.11. The lowest BCUT2D eigenvalue weighted by molar-refractivity contribution is -0.116. The largest absolute Gasteiger partial charge is 0.508 e. The minimum atomic E-state index is -0.394. The molecule has 70 valence electrons. The monoisotopic (exact) mass is 182 g/mol. The Morgan fingerprint density at radius 3 is 2.69 bits per heavy atom. The number of Topliss-reactive ketones (excluding diaryl/α,β-unsaturated/α-hetero) is 1. The molecule has 0 radical (unpaired) electrons. The molecule has 0 spiro atoms. The second kappa shape index (κ2) is 3.56. The van der Waals surface area contributed by atoms with Crippen LogP contribution in [0.25, 0.3) is 0 Å². The summed E-state index contributed by atoms with van der Waals surface area (Å²) in [5.41, 5.74) is 0.723. The van der Waals surface area contributed by atoms with Crippen molar-refractivity contribution in [1.29, 1.82) is 0 Å². The molecular formula is C10H11FO2. The summed E-state index contributed by atoms with van der Waals surface area (Å²) in [5, 5.41) is 9.35. The van der Waals surface area contributed by atoms with E-state index in [0.717, 1.165) is 0 Å². The SMILES string of the molecule is CC(=O)Cc1cc(F)c(C)cc1O. The Morgan fingerprint density at radius 1 is 1.54 bits per heavy atom. The van der Waals surface area contributed by atoms with Gasteiger partial charge in [0, 0.05) is 12.0 Å². The van der Waals surface area contributed by atoms with Crippen LogP contribution in [0.2, 0.25) is 0 Å². The maximum atomic E-state index is 13.0. The highest BCUT2D eigenvalue weighted by Crippen LogP contribution is 2.21. The number of phenols is 1. The molecule has 3 heteroatoms. The standard InChI is InChI=1S/C10H11FO2/c1-6-3-10(13)8(4-7(2)12)5-9(6)11/h3,5,13H,4H2,1-2H3. The highest BCUT2D eigenvalue weighted by molar-refractivity contribution is 5.78. The van der Waals surface area contributed by atoms with Gasteiger partial charge in [0.25, 0.3) is 0 Å². The van der Waals surface area contributed by atoms with Crippen LogP contribution in [-0.2, 0) is 11.2 Å². The van der Waals surface area contributed by atoms with E-state index in [2.05, 4.69) is 0 Å². The van der Waals surface area contributed by atoms with Gasteiger partial charge in [-0.25, -0.2) is 4.39 Å². The number of carbonyl (C=O) groups excluding carboxylic acids is 1. The lowest BCUT2D eigenvalue weighted by atomic mass is 10.1. The van der Waals surface area contributed by atoms with Gasteiger partial charge in [0.15, 0.2) is 0 Å². The quantitative estimate of drug-likeness (QED) is 0.759. The number of halogens is 1. The van der Waals surface area contributed by atoms with Crippen LogP contribution in [0.15, 0.2) is 12.1 Å². The normalized spacial score (nSPS) is 10.1. The van der Waals surface area contributed by atoms with Gasteiger partial charge in [-0.15, -0.1) is 0 Å². The molecule has 0 unspecified atom stereocenters. The molecule has 0 saturated heterocycles. The van der Waals surface area contributed by atoms with Gasteiger partial charge < -0.3 is 5.11 Å². The summed E-state index contributed by atoms with van der Waals surface area (Å²) in [6.45, 7) is 2.96. The van der Waals surface area contributed by atoms with E-state index in [9.17, 15) is 14.3 Å². The molecule has 0 bridgehead atoms.